The molecule has 0 saturated heterocycles. The molecule has 115 heavy (non-hydrogen) atoms. The van der Waals surface area contributed by atoms with Crippen LogP contribution >= 0.6 is 0 Å². The van der Waals surface area contributed by atoms with E-state index in [0.29, 0.717) is 96.7 Å². The SMILES string of the molecule is CC(C)N(CC(=O)NCCN(CCNC(=O)CN(C(=O)CC[C@@H](C)[C@H]1CC[C@H]2[C@@H]3[C@H](O)C[C@@H]4C[C@H](O)CC[C@]4(C)[C@H]3C[C@H](O)[C@]12C)C(C)C)CCNC(=O)CN(C(=O)CC[C@@H](C)[C@H]1CC[C@H]2[C@@H]3[C@H](O)C[C@@H]4C[C@H](O)CC[C@]4(C)[C@H]3C[C@H](O)[C@]12C)C(C)C)C(=O)CC[C@@H](C)[C@H]1CC[C@H]2[C@@H]3[C@H](O)C[C@@H]4C[C@H](O)CC[C@]4(C)[C@H]3C[C@H](O)[C@]12C. The predicted octanol–water partition coefficient (Wildman–Crippen LogP) is 9.48. The molecule has 0 spiro atoms. The van der Waals surface area contributed by atoms with E-state index in [9.17, 15) is 74.7 Å². The minimum absolute atomic E-state index is 0.0259. The molecule has 0 aromatic heterocycles. The van der Waals surface area contributed by atoms with Crippen LogP contribution in [0.1, 0.15) is 277 Å². The Bertz CT molecular complexity index is 3030. The maximum absolute atomic E-state index is 14.3. The second-order valence-corrected chi connectivity index (χ2v) is 43.4. The van der Waals surface area contributed by atoms with Crippen molar-refractivity contribution in [1.29, 1.82) is 0 Å². The van der Waals surface area contributed by atoms with Gasteiger partial charge in [-0.05, 0) is 335 Å². The van der Waals surface area contributed by atoms with Crippen molar-refractivity contribution in [3.05, 3.63) is 0 Å². The van der Waals surface area contributed by atoms with Crippen LogP contribution in [0.4, 0.5) is 0 Å². The minimum Gasteiger partial charge on any atom is -0.393 e. The zero-order valence-electron chi connectivity index (χ0n) is 73.5. The zero-order valence-corrected chi connectivity index (χ0v) is 73.5. The molecular weight excluding hydrogens is 1460 g/mol. The molecule has 12 rings (SSSR count). The lowest BCUT2D eigenvalue weighted by Gasteiger charge is -2.63. The summed E-state index contributed by atoms with van der Waals surface area (Å²) in [5.74, 6) is 1.55. The maximum Gasteiger partial charge on any atom is 0.239 e. The Morgan fingerprint density at radius 2 is 0.591 bits per heavy atom. The second-order valence-electron chi connectivity index (χ2n) is 43.4. The van der Waals surface area contributed by atoms with Gasteiger partial charge in [-0.1, -0.05) is 62.3 Å². The van der Waals surface area contributed by atoms with E-state index in [0.717, 1.165) is 77.0 Å². The number of amides is 6. The normalized spacial score (nSPS) is 43.2. The molecule has 0 bridgehead atoms. The van der Waals surface area contributed by atoms with E-state index in [2.05, 4.69) is 78.3 Å². The molecule has 0 heterocycles. The van der Waals surface area contributed by atoms with Crippen molar-refractivity contribution in [3.8, 4) is 0 Å². The average molecular weight is 1620 g/mol. The van der Waals surface area contributed by atoms with E-state index in [-0.39, 0.29) is 253 Å². The lowest BCUT2D eigenvalue weighted by molar-refractivity contribution is -0.207. The summed E-state index contributed by atoms with van der Waals surface area (Å²) in [6.45, 7) is 33.0. The summed E-state index contributed by atoms with van der Waals surface area (Å²) in [6, 6.07) is -0.794. The third kappa shape index (κ3) is 17.5. The van der Waals surface area contributed by atoms with Crippen LogP contribution in [0, 0.1) is 139 Å². The first-order valence-corrected chi connectivity index (χ1v) is 46.7. The number of aliphatic hydroxyl groups excluding tert-OH is 9. The van der Waals surface area contributed by atoms with Crippen molar-refractivity contribution in [2.24, 2.45) is 139 Å². The summed E-state index contributed by atoms with van der Waals surface area (Å²) in [7, 11) is 0. The Morgan fingerprint density at radius 1 is 0.339 bits per heavy atom. The summed E-state index contributed by atoms with van der Waals surface area (Å²) in [6.07, 6.45) is 15.2. The van der Waals surface area contributed by atoms with Gasteiger partial charge in [0.1, 0.15) is 0 Å². The van der Waals surface area contributed by atoms with Crippen LogP contribution in [0.15, 0.2) is 0 Å². The van der Waals surface area contributed by atoms with Crippen LogP contribution in [0.3, 0.4) is 0 Å². The van der Waals surface area contributed by atoms with Crippen molar-refractivity contribution < 1.29 is 74.7 Å². The minimum atomic E-state index is -0.536. The van der Waals surface area contributed by atoms with Gasteiger partial charge in [-0.3, -0.25) is 33.7 Å². The van der Waals surface area contributed by atoms with Crippen molar-refractivity contribution in [1.82, 2.24) is 35.6 Å². The summed E-state index contributed by atoms with van der Waals surface area (Å²) in [5.41, 5.74) is -1.30. The van der Waals surface area contributed by atoms with Crippen LogP contribution in [-0.4, -0.2) is 233 Å². The fourth-order valence-corrected chi connectivity index (χ4v) is 30.2. The van der Waals surface area contributed by atoms with Gasteiger partial charge < -0.3 is 76.6 Å². The molecule has 0 unspecified atom stereocenters. The molecule has 22 heteroatoms. The maximum atomic E-state index is 14.3. The Morgan fingerprint density at radius 3 is 0.835 bits per heavy atom. The van der Waals surface area contributed by atoms with E-state index in [1.165, 1.54) is 0 Å². The number of hydrogen-bond donors (Lipinski definition) is 12. The number of carbonyl (C=O) groups excluding carboxylic acids is 6. The molecule has 656 valence electrons. The summed E-state index contributed by atoms with van der Waals surface area (Å²) in [4.78, 5) is 91.9. The van der Waals surface area contributed by atoms with E-state index < -0.39 is 52.9 Å². The molecule has 0 aliphatic heterocycles. The van der Waals surface area contributed by atoms with Crippen LogP contribution in [-0.2, 0) is 28.8 Å². The third-order valence-electron chi connectivity index (χ3n) is 37.0. The van der Waals surface area contributed by atoms with Crippen molar-refractivity contribution >= 4 is 35.4 Å². The summed E-state index contributed by atoms with van der Waals surface area (Å²) < 4.78 is 0. The largest absolute Gasteiger partial charge is 0.393 e. The van der Waals surface area contributed by atoms with Gasteiger partial charge in [0.2, 0.25) is 35.4 Å². The molecule has 12 aliphatic carbocycles. The van der Waals surface area contributed by atoms with Gasteiger partial charge in [-0.25, -0.2) is 0 Å². The van der Waals surface area contributed by atoms with Crippen molar-refractivity contribution in [3.63, 3.8) is 0 Å². The van der Waals surface area contributed by atoms with Gasteiger partial charge in [-0.15, -0.1) is 0 Å². The van der Waals surface area contributed by atoms with Gasteiger partial charge in [0.05, 0.1) is 74.6 Å². The Kier molecular flexibility index (Phi) is 28.4. The molecule has 33 atom stereocenters. The standard InChI is InChI=1S/C93H159N7O15/c1-52(2)98(82(113)25-16-55(7)64-19-22-67-85-70(46-76(107)91(64,67)13)88(10)31-28-61(101)40-58(88)43-73(85)104)49-79(110)94-34-37-97(38-35-95-80(111)50-99(53(3)4)83(114)26-17-56(8)65-20-23-68-86-71(47-77(108)92(65,68)14)89(11)32-29-62(102)41-59(89)44-74(86)105)39-36-96-81(112)51-100(54(5)6)84(115)27-18-57(9)66-21-24-69-87-72(48-78(109)93(66,69)15)90(12)33-30-63(103)42-60(90)45-75(87)106/h52-78,85-87,101-109H,16-51H2,1-15H3,(H,94,110)(H,95,111)(H,96,112)/t55-,56-,57-,58+,59+,60+,61-,62-,63-,64-,65-,66-,67+,68+,69+,70+,71+,72+,73-,74-,75-,76+,77+,78+,85+,86+,87+,88+,89+,90+,91-,92-,93-/m1/s1. The van der Waals surface area contributed by atoms with Gasteiger partial charge in [0.15, 0.2) is 0 Å². The monoisotopic (exact) mass is 1610 g/mol. The molecule has 22 nitrogen and oxygen atoms in total. The van der Waals surface area contributed by atoms with E-state index >= 15 is 0 Å². The molecule has 12 aliphatic rings. The molecule has 0 aromatic carbocycles. The van der Waals surface area contributed by atoms with E-state index in [1.807, 2.05) is 46.4 Å². The molecule has 0 radical (unpaired) electrons. The quantitative estimate of drug-likeness (QED) is 0.0318. The van der Waals surface area contributed by atoms with Gasteiger partial charge >= 0.3 is 0 Å². The first-order valence-electron chi connectivity index (χ1n) is 46.7. The highest BCUT2D eigenvalue weighted by molar-refractivity contribution is 5.86. The summed E-state index contributed by atoms with van der Waals surface area (Å²) >= 11 is 0. The van der Waals surface area contributed by atoms with Crippen LogP contribution in [0.5, 0.6) is 0 Å². The van der Waals surface area contributed by atoms with Crippen LogP contribution < -0.4 is 16.0 Å². The van der Waals surface area contributed by atoms with Crippen molar-refractivity contribution in [2.45, 2.75) is 350 Å². The predicted molar refractivity (Wildman–Crippen MR) is 443 cm³/mol. The van der Waals surface area contributed by atoms with Gasteiger partial charge in [0.25, 0.3) is 0 Å². The molecule has 12 fully saturated rings. The number of fused-ring (bicyclic) bond motifs is 15. The first-order chi connectivity index (χ1) is 54.1. The Balaban J connectivity index is 0.637. The smallest absolute Gasteiger partial charge is 0.239 e. The Hall–Kier alpha value is -3.58. The van der Waals surface area contributed by atoms with Gasteiger partial charge in [-0.2, -0.15) is 0 Å². The average Bonchev–Trinajstić information content (AvgIpc) is 1.00. The molecular formula is C93H159N7O15. The number of nitrogens with zero attached hydrogens (tertiary/aromatic N) is 4. The fraction of sp³-hybridized carbons (Fsp3) is 0.935. The van der Waals surface area contributed by atoms with E-state index in [1.54, 1.807) is 14.7 Å². The fourth-order valence-electron chi connectivity index (χ4n) is 30.2. The van der Waals surface area contributed by atoms with Crippen LogP contribution in [0.25, 0.3) is 0 Å². The number of aliphatic hydroxyl groups is 9. The lowest BCUT2D eigenvalue weighted by atomic mass is 9.43. The molecule has 12 saturated carbocycles. The Labute approximate surface area is 690 Å². The lowest BCUT2D eigenvalue weighted by Crippen LogP contribution is -2.62. The molecule has 12 N–H and O–H groups in total. The number of rotatable bonds is 30. The number of nitrogens with one attached hydrogen (secondary N) is 3. The summed E-state index contributed by atoms with van der Waals surface area (Å²) in [5, 5.41) is 114. The topological polar surface area (TPSA) is 334 Å². The zero-order chi connectivity index (χ0) is 83.7. The first kappa shape index (κ1) is 90.6. The number of carbonyl (C=O) groups is 6. The highest BCUT2D eigenvalue weighted by Gasteiger charge is 2.70. The highest BCUT2D eigenvalue weighted by Crippen LogP contribution is 2.72. The van der Waals surface area contributed by atoms with Crippen LogP contribution in [0.2, 0.25) is 0 Å². The van der Waals surface area contributed by atoms with Gasteiger partial charge in [0, 0.05) is 76.7 Å². The molecule has 0 aromatic rings. The molecule has 6 amide bonds. The third-order valence-corrected chi connectivity index (χ3v) is 37.0. The highest BCUT2D eigenvalue weighted by atomic mass is 16.3. The second kappa shape index (κ2) is 36.1. The van der Waals surface area contributed by atoms with E-state index in [4.69, 9.17) is 0 Å². The van der Waals surface area contributed by atoms with Crippen molar-refractivity contribution in [2.75, 3.05) is 58.9 Å². The number of hydrogen-bond acceptors (Lipinski definition) is 16.